The second kappa shape index (κ2) is 37.0. The SMILES string of the molecule is CCCCC/C=C\C/C=C\CCCCCCCC(=O)Oc1cc(COC(=O)OCCN(C)C)cc(OC(=O)CCCCCCC/C=C\C/C=C\CCCCC)c1. The minimum atomic E-state index is -0.796. The molecular weight excluding hydrogens is 703 g/mol. The monoisotopic (exact) mass is 780 g/mol. The molecule has 0 fully saturated rings. The Kier molecular flexibility index (Phi) is 33.2. The average molecular weight is 780 g/mol. The number of rotatable bonds is 35. The molecule has 316 valence electrons. The molecule has 0 heterocycles. The molecule has 0 N–H and O–H groups in total. The maximum absolute atomic E-state index is 12.7. The van der Waals surface area contributed by atoms with Crippen LogP contribution < -0.4 is 9.47 Å². The average Bonchev–Trinajstić information content (AvgIpc) is 3.16. The Morgan fingerprint density at radius 1 is 0.518 bits per heavy atom. The van der Waals surface area contributed by atoms with Crippen LogP contribution in [0.15, 0.2) is 66.8 Å². The zero-order valence-corrected chi connectivity index (χ0v) is 35.7. The lowest BCUT2D eigenvalue weighted by molar-refractivity contribution is -0.135. The fourth-order valence-electron chi connectivity index (χ4n) is 5.85. The summed E-state index contributed by atoms with van der Waals surface area (Å²) in [5, 5.41) is 0. The highest BCUT2D eigenvalue weighted by atomic mass is 16.7. The molecule has 0 spiro atoms. The quantitative estimate of drug-likeness (QED) is 0.0291. The van der Waals surface area contributed by atoms with Gasteiger partial charge in [0.2, 0.25) is 0 Å². The van der Waals surface area contributed by atoms with Crippen LogP contribution in [0.4, 0.5) is 4.79 Å². The largest absolute Gasteiger partial charge is 0.508 e. The number of carbonyl (C=O) groups excluding carboxylic acids is 3. The number of likely N-dealkylation sites (N-methyl/N-ethyl adjacent to an activating group) is 1. The molecule has 0 atom stereocenters. The summed E-state index contributed by atoms with van der Waals surface area (Å²) in [6.45, 7) is 5.12. The van der Waals surface area contributed by atoms with Crippen LogP contribution in [0.3, 0.4) is 0 Å². The van der Waals surface area contributed by atoms with Crippen LogP contribution in [0.1, 0.15) is 174 Å². The fraction of sp³-hybridized carbons (Fsp3) is 0.646. The molecular formula is C48H77NO7. The molecule has 0 aromatic heterocycles. The van der Waals surface area contributed by atoms with Crippen LogP contribution in [0, 0.1) is 0 Å². The summed E-state index contributed by atoms with van der Waals surface area (Å²) in [4.78, 5) is 39.5. The van der Waals surface area contributed by atoms with E-state index in [-0.39, 0.29) is 36.7 Å². The number of carbonyl (C=O) groups is 3. The molecule has 0 radical (unpaired) electrons. The Hall–Kier alpha value is -3.65. The molecule has 1 aromatic rings. The second-order valence-electron chi connectivity index (χ2n) is 14.9. The van der Waals surface area contributed by atoms with Crippen molar-refractivity contribution >= 4 is 18.1 Å². The molecule has 0 unspecified atom stereocenters. The van der Waals surface area contributed by atoms with Crippen molar-refractivity contribution in [3.8, 4) is 11.5 Å². The molecule has 1 aromatic carbocycles. The summed E-state index contributed by atoms with van der Waals surface area (Å²) in [5.74, 6) is -0.197. The predicted molar refractivity (Wildman–Crippen MR) is 231 cm³/mol. The highest BCUT2D eigenvalue weighted by Gasteiger charge is 2.13. The third-order valence-corrected chi connectivity index (χ3v) is 9.18. The first-order valence-corrected chi connectivity index (χ1v) is 21.9. The minimum absolute atomic E-state index is 0.118. The lowest BCUT2D eigenvalue weighted by Crippen LogP contribution is -2.20. The molecule has 8 nitrogen and oxygen atoms in total. The van der Waals surface area contributed by atoms with Gasteiger partial charge in [0.25, 0.3) is 0 Å². The number of nitrogens with zero attached hydrogens (tertiary/aromatic N) is 1. The third-order valence-electron chi connectivity index (χ3n) is 9.18. The number of allylic oxidation sites excluding steroid dienone is 8. The van der Waals surface area contributed by atoms with Gasteiger partial charge in [-0.2, -0.15) is 0 Å². The molecule has 0 aliphatic carbocycles. The summed E-state index contributed by atoms with van der Waals surface area (Å²) >= 11 is 0. The van der Waals surface area contributed by atoms with Crippen LogP contribution in [0.25, 0.3) is 0 Å². The summed E-state index contributed by atoms with van der Waals surface area (Å²) < 4.78 is 21.7. The molecule has 0 amide bonds. The van der Waals surface area contributed by atoms with Gasteiger partial charge in [-0.05, 0) is 109 Å². The van der Waals surface area contributed by atoms with E-state index in [0.29, 0.717) is 24.9 Å². The maximum Gasteiger partial charge on any atom is 0.508 e. The van der Waals surface area contributed by atoms with Crippen molar-refractivity contribution in [2.45, 2.75) is 175 Å². The second-order valence-corrected chi connectivity index (χ2v) is 14.9. The van der Waals surface area contributed by atoms with E-state index in [0.717, 1.165) is 89.9 Å². The molecule has 0 saturated carbocycles. The number of ether oxygens (including phenoxy) is 4. The summed E-state index contributed by atoms with van der Waals surface area (Å²) in [7, 11) is 3.77. The smallest absolute Gasteiger partial charge is 0.433 e. The van der Waals surface area contributed by atoms with Gasteiger partial charge < -0.3 is 23.8 Å². The predicted octanol–water partition coefficient (Wildman–Crippen LogP) is 13.3. The first-order chi connectivity index (χ1) is 27.3. The van der Waals surface area contributed by atoms with E-state index >= 15 is 0 Å². The van der Waals surface area contributed by atoms with E-state index in [1.165, 1.54) is 51.4 Å². The van der Waals surface area contributed by atoms with Crippen molar-refractivity contribution < 1.29 is 33.3 Å². The van der Waals surface area contributed by atoms with Crippen molar-refractivity contribution in [3.63, 3.8) is 0 Å². The van der Waals surface area contributed by atoms with E-state index in [1.54, 1.807) is 18.2 Å². The van der Waals surface area contributed by atoms with Gasteiger partial charge in [-0.15, -0.1) is 0 Å². The van der Waals surface area contributed by atoms with E-state index < -0.39 is 6.16 Å². The standard InChI is InChI=1S/C48H77NO7/c1-5-7-9-11-13-15-17-19-21-23-25-27-29-31-33-35-46(50)55-44-39-43(42-54-48(52)53-38-37-49(3)4)40-45(41-44)56-47(51)36-34-32-30-28-26-24-22-20-18-16-14-12-10-8-6-2/h13-16,19-22,39-41H,5-12,17-18,23-38,42H2,1-4H3/b15-13-,16-14-,21-19-,22-20-. The van der Waals surface area contributed by atoms with E-state index in [9.17, 15) is 14.4 Å². The van der Waals surface area contributed by atoms with Crippen LogP contribution in [0.5, 0.6) is 11.5 Å². The number of unbranched alkanes of at least 4 members (excludes halogenated alkanes) is 16. The highest BCUT2D eigenvalue weighted by molar-refractivity contribution is 5.74. The van der Waals surface area contributed by atoms with Gasteiger partial charge in [0.15, 0.2) is 0 Å². The first kappa shape index (κ1) is 50.4. The Bertz CT molecular complexity index is 1190. The van der Waals surface area contributed by atoms with Crippen molar-refractivity contribution in [3.05, 3.63) is 72.4 Å². The Morgan fingerprint density at radius 2 is 0.929 bits per heavy atom. The molecule has 8 heteroatoms. The normalized spacial score (nSPS) is 11.8. The first-order valence-electron chi connectivity index (χ1n) is 21.9. The van der Waals surface area contributed by atoms with E-state index in [2.05, 4.69) is 62.5 Å². The van der Waals surface area contributed by atoms with Crippen LogP contribution in [0.2, 0.25) is 0 Å². The van der Waals surface area contributed by atoms with Crippen molar-refractivity contribution in [1.29, 1.82) is 0 Å². The highest BCUT2D eigenvalue weighted by Crippen LogP contribution is 2.25. The van der Waals surface area contributed by atoms with Crippen LogP contribution >= 0.6 is 0 Å². The zero-order chi connectivity index (χ0) is 40.7. The lowest BCUT2D eigenvalue weighted by atomic mass is 10.1. The molecule has 56 heavy (non-hydrogen) atoms. The van der Waals surface area contributed by atoms with Gasteiger partial charge in [-0.3, -0.25) is 9.59 Å². The van der Waals surface area contributed by atoms with Gasteiger partial charge in [0, 0.05) is 25.5 Å². The number of hydrogen-bond donors (Lipinski definition) is 0. The molecule has 0 aliphatic rings. The van der Waals surface area contributed by atoms with Gasteiger partial charge >= 0.3 is 18.1 Å². The zero-order valence-electron chi connectivity index (χ0n) is 35.7. The van der Waals surface area contributed by atoms with Crippen molar-refractivity contribution in [2.75, 3.05) is 27.2 Å². The van der Waals surface area contributed by atoms with Crippen molar-refractivity contribution in [1.82, 2.24) is 4.90 Å². The maximum atomic E-state index is 12.7. The van der Waals surface area contributed by atoms with Gasteiger partial charge in [0.05, 0.1) is 0 Å². The Morgan fingerprint density at radius 3 is 1.36 bits per heavy atom. The Balaban J connectivity index is 2.46. The minimum Gasteiger partial charge on any atom is -0.433 e. The summed E-state index contributed by atoms with van der Waals surface area (Å²) in [5.41, 5.74) is 0.525. The summed E-state index contributed by atoms with van der Waals surface area (Å²) in [6.07, 6.45) is 42.3. The van der Waals surface area contributed by atoms with Crippen LogP contribution in [-0.4, -0.2) is 50.2 Å². The summed E-state index contributed by atoms with van der Waals surface area (Å²) in [6, 6.07) is 4.79. The van der Waals surface area contributed by atoms with Gasteiger partial charge in [-0.25, -0.2) is 4.79 Å². The van der Waals surface area contributed by atoms with E-state index in [1.807, 2.05) is 19.0 Å². The number of esters is 2. The number of benzene rings is 1. The lowest BCUT2D eigenvalue weighted by Gasteiger charge is -2.12. The van der Waals surface area contributed by atoms with E-state index in [4.69, 9.17) is 18.9 Å². The van der Waals surface area contributed by atoms with Gasteiger partial charge in [-0.1, -0.05) is 127 Å². The molecule has 0 aliphatic heterocycles. The third kappa shape index (κ3) is 32.6. The van der Waals surface area contributed by atoms with Crippen LogP contribution in [-0.2, 0) is 25.7 Å². The van der Waals surface area contributed by atoms with Crippen molar-refractivity contribution in [2.24, 2.45) is 0 Å². The Labute approximate surface area is 341 Å². The molecule has 0 saturated heterocycles. The molecule has 0 bridgehead atoms. The van der Waals surface area contributed by atoms with Gasteiger partial charge in [0.1, 0.15) is 24.7 Å². The topological polar surface area (TPSA) is 91.4 Å². The fourth-order valence-corrected chi connectivity index (χ4v) is 5.85. The molecule has 1 rings (SSSR count). The number of hydrogen-bond acceptors (Lipinski definition) is 8.